The number of alkyl halides is 3. The highest BCUT2D eigenvalue weighted by molar-refractivity contribution is 5.82. The quantitative estimate of drug-likeness (QED) is 0.830. The van der Waals surface area contributed by atoms with Crippen molar-refractivity contribution in [3.63, 3.8) is 0 Å². The van der Waals surface area contributed by atoms with Gasteiger partial charge in [0, 0.05) is 32.6 Å². The van der Waals surface area contributed by atoms with Gasteiger partial charge in [-0.1, -0.05) is 18.2 Å². The Kier molecular flexibility index (Phi) is 6.27. The first-order chi connectivity index (χ1) is 11.8. The number of methoxy groups -OCH3 is 1. The van der Waals surface area contributed by atoms with E-state index in [2.05, 4.69) is 0 Å². The second-order valence-corrected chi connectivity index (χ2v) is 5.84. The third-order valence-corrected chi connectivity index (χ3v) is 4.18. The summed E-state index contributed by atoms with van der Waals surface area (Å²) >= 11 is 0. The van der Waals surface area contributed by atoms with E-state index in [9.17, 15) is 22.8 Å². The van der Waals surface area contributed by atoms with Crippen LogP contribution in [0.4, 0.5) is 13.2 Å². The van der Waals surface area contributed by atoms with Crippen LogP contribution < -0.4 is 4.74 Å². The molecule has 0 saturated carbocycles. The van der Waals surface area contributed by atoms with E-state index in [1.54, 1.807) is 7.11 Å². The third kappa shape index (κ3) is 5.11. The van der Waals surface area contributed by atoms with E-state index >= 15 is 0 Å². The number of amides is 2. The van der Waals surface area contributed by atoms with Gasteiger partial charge in [-0.15, -0.1) is 0 Å². The lowest BCUT2D eigenvalue weighted by Gasteiger charge is -2.23. The number of carbonyl (C=O) groups excluding carboxylic acids is 2. The molecule has 1 aliphatic heterocycles. The van der Waals surface area contributed by atoms with Gasteiger partial charge in [-0.3, -0.25) is 9.59 Å². The van der Waals surface area contributed by atoms with Crippen LogP contribution in [0.2, 0.25) is 0 Å². The monoisotopic (exact) mass is 358 g/mol. The summed E-state index contributed by atoms with van der Waals surface area (Å²) in [4.78, 5) is 26.0. The average molecular weight is 358 g/mol. The van der Waals surface area contributed by atoms with E-state index < -0.39 is 12.1 Å². The summed E-state index contributed by atoms with van der Waals surface area (Å²) in [5.74, 6) is -1.27. The highest BCUT2D eigenvalue weighted by Crippen LogP contribution is 2.21. The molecule has 0 aromatic heterocycles. The standard InChI is InChI=1S/C17H21F3N2O3/c1-25-14-6-3-2-5-13(14)7-8-15(23)21-9-4-10-22(12-11-21)16(24)17(18,19)20/h2-3,5-6H,4,7-12H2,1H3. The topological polar surface area (TPSA) is 49.9 Å². The van der Waals surface area contributed by atoms with Crippen molar-refractivity contribution in [2.45, 2.75) is 25.4 Å². The van der Waals surface area contributed by atoms with Crippen molar-refractivity contribution in [1.82, 2.24) is 9.80 Å². The number of halogens is 3. The van der Waals surface area contributed by atoms with Gasteiger partial charge in [0.2, 0.25) is 5.91 Å². The number of hydrogen-bond donors (Lipinski definition) is 0. The van der Waals surface area contributed by atoms with Gasteiger partial charge < -0.3 is 14.5 Å². The molecule has 138 valence electrons. The Morgan fingerprint density at radius 1 is 1.08 bits per heavy atom. The number of carbonyl (C=O) groups is 2. The maximum Gasteiger partial charge on any atom is 0.471 e. The summed E-state index contributed by atoms with van der Waals surface area (Å²) in [7, 11) is 1.56. The van der Waals surface area contributed by atoms with Gasteiger partial charge in [-0.25, -0.2) is 0 Å². The van der Waals surface area contributed by atoms with Gasteiger partial charge in [0.15, 0.2) is 0 Å². The molecule has 1 fully saturated rings. The fraction of sp³-hybridized carbons (Fsp3) is 0.529. The molecule has 1 saturated heterocycles. The van der Waals surface area contributed by atoms with Gasteiger partial charge in [-0.2, -0.15) is 13.2 Å². The highest BCUT2D eigenvalue weighted by atomic mass is 19.4. The SMILES string of the molecule is COc1ccccc1CCC(=O)N1CCCN(C(=O)C(F)(F)F)CC1. The van der Waals surface area contributed by atoms with Crippen molar-refractivity contribution < 1.29 is 27.5 Å². The zero-order valence-corrected chi connectivity index (χ0v) is 14.0. The summed E-state index contributed by atoms with van der Waals surface area (Å²) in [6.45, 7) is 0.381. The molecule has 0 bridgehead atoms. The molecule has 2 amide bonds. The summed E-state index contributed by atoms with van der Waals surface area (Å²) in [5.41, 5.74) is 0.905. The Morgan fingerprint density at radius 3 is 2.40 bits per heavy atom. The molecule has 1 aromatic carbocycles. The Bertz CT molecular complexity index is 619. The van der Waals surface area contributed by atoms with Crippen molar-refractivity contribution in [1.29, 1.82) is 0 Å². The molecule has 25 heavy (non-hydrogen) atoms. The van der Waals surface area contributed by atoms with Crippen LogP contribution in [0, 0.1) is 0 Å². The Balaban J connectivity index is 1.89. The third-order valence-electron chi connectivity index (χ3n) is 4.18. The minimum absolute atomic E-state index is 0.00856. The zero-order chi connectivity index (χ0) is 18.4. The van der Waals surface area contributed by atoms with E-state index in [4.69, 9.17) is 4.74 Å². The van der Waals surface area contributed by atoms with E-state index in [0.717, 1.165) is 10.5 Å². The number of para-hydroxylation sites is 1. The first-order valence-corrected chi connectivity index (χ1v) is 8.08. The summed E-state index contributed by atoms with van der Waals surface area (Å²) in [6, 6.07) is 7.38. The van der Waals surface area contributed by atoms with Crippen LogP contribution in [-0.2, 0) is 16.0 Å². The predicted octanol–water partition coefficient (Wildman–Crippen LogP) is 2.25. The van der Waals surface area contributed by atoms with Gasteiger partial charge in [0.05, 0.1) is 7.11 Å². The second kappa shape index (κ2) is 8.22. The summed E-state index contributed by atoms with van der Waals surface area (Å²) in [6.07, 6.45) is -3.80. The molecule has 0 unspecified atom stereocenters. The fourth-order valence-electron chi connectivity index (χ4n) is 2.86. The lowest BCUT2D eigenvalue weighted by Crippen LogP contribution is -2.43. The van der Waals surface area contributed by atoms with E-state index in [1.807, 2.05) is 24.3 Å². The normalized spacial score (nSPS) is 15.7. The van der Waals surface area contributed by atoms with Crippen LogP contribution in [0.25, 0.3) is 0 Å². The van der Waals surface area contributed by atoms with Crippen LogP contribution in [0.1, 0.15) is 18.4 Å². The molecule has 1 heterocycles. The van der Waals surface area contributed by atoms with Gasteiger partial charge in [0.1, 0.15) is 5.75 Å². The van der Waals surface area contributed by atoms with Gasteiger partial charge >= 0.3 is 12.1 Å². The zero-order valence-electron chi connectivity index (χ0n) is 14.0. The smallest absolute Gasteiger partial charge is 0.471 e. The van der Waals surface area contributed by atoms with Crippen LogP contribution in [0.15, 0.2) is 24.3 Å². The lowest BCUT2D eigenvalue weighted by atomic mass is 10.1. The lowest BCUT2D eigenvalue weighted by molar-refractivity contribution is -0.185. The first kappa shape index (κ1) is 19.1. The molecule has 1 aromatic rings. The molecule has 1 aliphatic rings. The average Bonchev–Trinajstić information content (AvgIpc) is 2.84. The van der Waals surface area contributed by atoms with Crippen LogP contribution in [0.5, 0.6) is 5.75 Å². The number of nitrogens with zero attached hydrogens (tertiary/aromatic N) is 2. The van der Waals surface area contributed by atoms with Crippen LogP contribution in [-0.4, -0.2) is 61.1 Å². The van der Waals surface area contributed by atoms with Gasteiger partial charge in [0.25, 0.3) is 0 Å². The van der Waals surface area contributed by atoms with E-state index in [0.29, 0.717) is 25.1 Å². The fourth-order valence-corrected chi connectivity index (χ4v) is 2.86. The molecule has 0 N–H and O–H groups in total. The number of benzene rings is 1. The summed E-state index contributed by atoms with van der Waals surface area (Å²) in [5, 5.41) is 0. The number of ether oxygens (including phenoxy) is 1. The number of aryl methyl sites for hydroxylation is 1. The maximum absolute atomic E-state index is 12.5. The number of rotatable bonds is 4. The molecule has 0 spiro atoms. The van der Waals surface area contributed by atoms with Crippen LogP contribution in [0.3, 0.4) is 0 Å². The minimum Gasteiger partial charge on any atom is -0.496 e. The Morgan fingerprint density at radius 2 is 1.72 bits per heavy atom. The molecular formula is C17H21F3N2O3. The van der Waals surface area contributed by atoms with Crippen molar-refractivity contribution in [2.75, 3.05) is 33.3 Å². The number of hydrogen-bond acceptors (Lipinski definition) is 3. The van der Waals surface area contributed by atoms with Crippen molar-refractivity contribution in [3.8, 4) is 5.75 Å². The van der Waals surface area contributed by atoms with Crippen LogP contribution >= 0.6 is 0 Å². The molecule has 5 nitrogen and oxygen atoms in total. The van der Waals surface area contributed by atoms with Gasteiger partial charge in [-0.05, 0) is 24.5 Å². The molecule has 0 atom stereocenters. The largest absolute Gasteiger partial charge is 0.496 e. The summed E-state index contributed by atoms with van der Waals surface area (Å²) < 4.78 is 42.8. The minimum atomic E-state index is -4.87. The second-order valence-electron chi connectivity index (χ2n) is 5.84. The Labute approximate surface area is 144 Å². The first-order valence-electron chi connectivity index (χ1n) is 8.08. The molecule has 8 heteroatoms. The molecule has 0 radical (unpaired) electrons. The van der Waals surface area contributed by atoms with Crippen molar-refractivity contribution >= 4 is 11.8 Å². The molecule has 0 aliphatic carbocycles. The van der Waals surface area contributed by atoms with E-state index in [-0.39, 0.29) is 32.0 Å². The van der Waals surface area contributed by atoms with Crippen molar-refractivity contribution in [2.24, 2.45) is 0 Å². The maximum atomic E-state index is 12.5. The Hall–Kier alpha value is -2.25. The highest BCUT2D eigenvalue weighted by Gasteiger charge is 2.42. The molecular weight excluding hydrogens is 337 g/mol. The van der Waals surface area contributed by atoms with Crippen molar-refractivity contribution in [3.05, 3.63) is 29.8 Å². The predicted molar refractivity (Wildman–Crippen MR) is 85.1 cm³/mol. The molecule has 2 rings (SSSR count). The van der Waals surface area contributed by atoms with E-state index in [1.165, 1.54) is 4.90 Å².